The van der Waals surface area contributed by atoms with Crippen LogP contribution in [0, 0.1) is 5.92 Å². The first kappa shape index (κ1) is 18.0. The Labute approximate surface area is 162 Å². The van der Waals surface area contributed by atoms with E-state index in [4.69, 9.17) is 4.74 Å². The molecular formula is C21H22N4O3. The van der Waals surface area contributed by atoms with Gasteiger partial charge in [0, 0.05) is 31.0 Å². The molecule has 1 N–H and O–H groups in total. The van der Waals surface area contributed by atoms with Gasteiger partial charge < -0.3 is 10.1 Å². The van der Waals surface area contributed by atoms with Crippen LogP contribution in [0.15, 0.2) is 54.1 Å². The van der Waals surface area contributed by atoms with Crippen molar-refractivity contribution >= 4 is 11.6 Å². The lowest BCUT2D eigenvalue weighted by atomic mass is 10.1. The summed E-state index contributed by atoms with van der Waals surface area (Å²) in [7, 11) is 1.61. The van der Waals surface area contributed by atoms with Crippen molar-refractivity contribution in [1.29, 1.82) is 0 Å². The zero-order valence-corrected chi connectivity index (χ0v) is 15.7. The Morgan fingerprint density at radius 1 is 1.32 bits per heavy atom. The van der Waals surface area contributed by atoms with E-state index in [9.17, 15) is 9.59 Å². The highest BCUT2D eigenvalue weighted by Gasteiger charge is 2.23. The van der Waals surface area contributed by atoms with Gasteiger partial charge in [-0.25, -0.2) is 4.98 Å². The van der Waals surface area contributed by atoms with Crippen molar-refractivity contribution in [2.45, 2.75) is 19.4 Å². The minimum absolute atomic E-state index is 0.218. The van der Waals surface area contributed by atoms with Crippen LogP contribution in [0.2, 0.25) is 0 Å². The lowest BCUT2D eigenvalue weighted by Crippen LogP contribution is -2.26. The second-order valence-electron chi connectivity index (χ2n) is 6.96. The molecule has 0 spiro atoms. The molecule has 3 aromatic rings. The zero-order chi connectivity index (χ0) is 19.7. The number of allylic oxidation sites excluding steroid dienone is 1. The van der Waals surface area contributed by atoms with E-state index in [1.54, 1.807) is 28.4 Å². The van der Waals surface area contributed by atoms with Crippen LogP contribution in [-0.2, 0) is 6.54 Å². The predicted octanol–water partition coefficient (Wildman–Crippen LogP) is 2.50. The van der Waals surface area contributed by atoms with Crippen LogP contribution in [0.4, 0.5) is 0 Å². The molecule has 0 saturated heterocycles. The number of rotatable bonds is 7. The molecule has 0 radical (unpaired) electrons. The summed E-state index contributed by atoms with van der Waals surface area (Å²) in [6, 6.07) is 7.46. The molecule has 1 fully saturated rings. The smallest absolute Gasteiger partial charge is 0.295 e. The Bertz CT molecular complexity index is 1090. The number of fused-ring (bicyclic) bond motifs is 1. The fraction of sp³-hybridized carbons (Fsp3) is 0.286. The number of ether oxygens (including phenoxy) is 1. The summed E-state index contributed by atoms with van der Waals surface area (Å²) in [5, 5.41) is 2.89. The largest absolute Gasteiger partial charge is 0.497 e. The van der Waals surface area contributed by atoms with E-state index in [1.807, 2.05) is 30.5 Å². The Morgan fingerprint density at radius 3 is 2.71 bits per heavy atom. The minimum atomic E-state index is -0.269. The van der Waals surface area contributed by atoms with Crippen molar-refractivity contribution < 1.29 is 9.53 Å². The van der Waals surface area contributed by atoms with E-state index in [0.717, 1.165) is 24.2 Å². The van der Waals surface area contributed by atoms with Gasteiger partial charge in [-0.05, 0) is 43.0 Å². The standard InChI is InChI=1S/C21H22N4O3/c1-3-10-25-18(15-6-8-16(28-2)9-7-15)13-24-12-17(23-19(24)21(25)27)20(26)22-11-14-4-5-14/h3,6-9,12-14H,1,4-5,10-11H2,2H3,(H,22,26). The Balaban J connectivity index is 1.77. The van der Waals surface area contributed by atoms with Crippen molar-refractivity contribution in [2.24, 2.45) is 5.92 Å². The quantitative estimate of drug-likeness (QED) is 0.641. The first-order valence-corrected chi connectivity index (χ1v) is 9.26. The number of hydrogen-bond acceptors (Lipinski definition) is 4. The van der Waals surface area contributed by atoms with Crippen LogP contribution in [0.3, 0.4) is 0 Å². The van der Waals surface area contributed by atoms with E-state index in [1.165, 1.54) is 0 Å². The molecule has 1 amide bonds. The van der Waals surface area contributed by atoms with Gasteiger partial charge >= 0.3 is 0 Å². The minimum Gasteiger partial charge on any atom is -0.497 e. The second-order valence-corrected chi connectivity index (χ2v) is 6.96. The summed E-state index contributed by atoms with van der Waals surface area (Å²) >= 11 is 0. The molecule has 7 nitrogen and oxygen atoms in total. The fourth-order valence-electron chi connectivity index (χ4n) is 3.14. The van der Waals surface area contributed by atoms with E-state index < -0.39 is 0 Å². The Kier molecular flexibility index (Phi) is 4.73. The molecule has 1 aliphatic rings. The van der Waals surface area contributed by atoms with Crippen molar-refractivity contribution in [3.05, 3.63) is 65.4 Å². The third-order valence-electron chi connectivity index (χ3n) is 4.90. The normalized spacial score (nSPS) is 13.5. The number of aromatic nitrogens is 3. The molecular weight excluding hydrogens is 356 g/mol. The van der Waals surface area contributed by atoms with Gasteiger partial charge in [0.05, 0.1) is 12.8 Å². The SMILES string of the molecule is C=CCn1c(-c2ccc(OC)cc2)cn2cc(C(=O)NCC3CC3)nc2c1=O. The maximum atomic E-state index is 13.0. The summed E-state index contributed by atoms with van der Waals surface area (Å²) in [5.74, 6) is 1.06. The molecule has 1 aliphatic carbocycles. The topological polar surface area (TPSA) is 77.6 Å². The monoisotopic (exact) mass is 378 g/mol. The number of carbonyl (C=O) groups excluding carboxylic acids is 1. The van der Waals surface area contributed by atoms with E-state index in [2.05, 4.69) is 16.9 Å². The summed E-state index contributed by atoms with van der Waals surface area (Å²) in [6.07, 6.45) is 7.39. The number of carbonyl (C=O) groups is 1. The highest BCUT2D eigenvalue weighted by molar-refractivity contribution is 5.92. The number of nitrogens with zero attached hydrogens (tertiary/aromatic N) is 3. The number of amides is 1. The average Bonchev–Trinajstić information content (AvgIpc) is 3.45. The van der Waals surface area contributed by atoms with Gasteiger partial charge in [0.2, 0.25) is 5.65 Å². The van der Waals surface area contributed by atoms with E-state index >= 15 is 0 Å². The van der Waals surface area contributed by atoms with Gasteiger partial charge in [-0.3, -0.25) is 18.6 Å². The van der Waals surface area contributed by atoms with Crippen LogP contribution in [0.25, 0.3) is 16.9 Å². The van der Waals surface area contributed by atoms with Gasteiger partial charge in [-0.2, -0.15) is 0 Å². The van der Waals surface area contributed by atoms with Gasteiger partial charge in [-0.1, -0.05) is 6.08 Å². The second kappa shape index (κ2) is 7.34. The number of methoxy groups -OCH3 is 1. The van der Waals surface area contributed by atoms with Crippen LogP contribution in [0.5, 0.6) is 5.75 Å². The maximum Gasteiger partial charge on any atom is 0.295 e. The van der Waals surface area contributed by atoms with E-state index in [-0.39, 0.29) is 22.8 Å². The van der Waals surface area contributed by atoms with Gasteiger partial charge in [-0.15, -0.1) is 6.58 Å². The number of benzene rings is 1. The molecule has 2 aromatic heterocycles. The number of imidazole rings is 1. The molecule has 0 atom stereocenters. The van der Waals surface area contributed by atoms with Crippen molar-refractivity contribution in [3.63, 3.8) is 0 Å². The summed E-state index contributed by atoms with van der Waals surface area (Å²) in [5.41, 5.74) is 1.76. The number of nitrogens with one attached hydrogen (secondary N) is 1. The summed E-state index contributed by atoms with van der Waals surface area (Å²) in [6.45, 7) is 4.75. The van der Waals surface area contributed by atoms with Gasteiger partial charge in [0.1, 0.15) is 11.4 Å². The zero-order valence-electron chi connectivity index (χ0n) is 15.7. The molecule has 2 heterocycles. The van der Waals surface area contributed by atoms with E-state index in [0.29, 0.717) is 24.7 Å². The maximum absolute atomic E-state index is 13.0. The lowest BCUT2D eigenvalue weighted by Gasteiger charge is -2.12. The first-order valence-electron chi connectivity index (χ1n) is 9.26. The third kappa shape index (κ3) is 3.43. The van der Waals surface area contributed by atoms with Gasteiger partial charge in [0.15, 0.2) is 0 Å². The molecule has 144 valence electrons. The molecule has 0 unspecified atom stereocenters. The molecule has 7 heteroatoms. The lowest BCUT2D eigenvalue weighted by molar-refractivity contribution is 0.0947. The van der Waals surface area contributed by atoms with Gasteiger partial charge in [0.25, 0.3) is 11.5 Å². The van der Waals surface area contributed by atoms with Crippen LogP contribution < -0.4 is 15.6 Å². The van der Waals surface area contributed by atoms with Crippen molar-refractivity contribution in [2.75, 3.05) is 13.7 Å². The highest BCUT2D eigenvalue weighted by atomic mass is 16.5. The predicted molar refractivity (Wildman–Crippen MR) is 107 cm³/mol. The van der Waals surface area contributed by atoms with Crippen LogP contribution in [-0.4, -0.2) is 33.5 Å². The Hall–Kier alpha value is -3.35. The molecule has 4 rings (SSSR count). The third-order valence-corrected chi connectivity index (χ3v) is 4.90. The molecule has 0 bridgehead atoms. The molecule has 1 saturated carbocycles. The van der Waals surface area contributed by atoms with Crippen LogP contribution in [0.1, 0.15) is 23.3 Å². The molecule has 28 heavy (non-hydrogen) atoms. The summed E-state index contributed by atoms with van der Waals surface area (Å²) < 4.78 is 8.43. The van der Waals surface area contributed by atoms with Crippen molar-refractivity contribution in [3.8, 4) is 17.0 Å². The number of hydrogen-bond donors (Lipinski definition) is 1. The fourth-order valence-corrected chi connectivity index (χ4v) is 3.14. The highest BCUT2D eigenvalue weighted by Crippen LogP contribution is 2.27. The average molecular weight is 378 g/mol. The Morgan fingerprint density at radius 2 is 2.07 bits per heavy atom. The first-order chi connectivity index (χ1) is 13.6. The molecule has 0 aliphatic heterocycles. The van der Waals surface area contributed by atoms with Crippen LogP contribution >= 0.6 is 0 Å². The van der Waals surface area contributed by atoms with Crippen molar-refractivity contribution in [1.82, 2.24) is 19.3 Å². The summed E-state index contributed by atoms with van der Waals surface area (Å²) in [4.78, 5) is 29.7. The molecule has 1 aromatic carbocycles.